The van der Waals surface area contributed by atoms with E-state index in [9.17, 15) is 8.78 Å². The molecule has 0 N–H and O–H groups in total. The zero-order valence-electron chi connectivity index (χ0n) is 17.5. The molecule has 5 heteroatoms. The summed E-state index contributed by atoms with van der Waals surface area (Å²) in [5.41, 5.74) is 0.297. The fourth-order valence-corrected chi connectivity index (χ4v) is 7.64. The fraction of sp³-hybridized carbons (Fsp3) is 0.0370. The Morgan fingerprint density at radius 2 is 1.00 bits per heavy atom. The Kier molecular flexibility index (Phi) is 6.47. The van der Waals surface area contributed by atoms with Crippen molar-refractivity contribution < 1.29 is 17.9 Å². The van der Waals surface area contributed by atoms with Gasteiger partial charge in [-0.15, -0.1) is 0 Å². The van der Waals surface area contributed by atoms with Gasteiger partial charge in [0.25, 0.3) is 0 Å². The maximum Gasteiger partial charge on any atom is 0.347 e. The number of hydrogen-bond acceptors (Lipinski definition) is 2. The van der Waals surface area contributed by atoms with Crippen LogP contribution in [0.4, 0.5) is 8.78 Å². The van der Waals surface area contributed by atoms with Crippen molar-refractivity contribution in [3.8, 4) is 5.75 Å². The third-order valence-electron chi connectivity index (χ3n) is 5.32. The Morgan fingerprint density at radius 3 is 1.34 bits per heavy atom. The minimum Gasteiger partial charge on any atom is -0.526 e. The Morgan fingerprint density at radius 1 is 0.594 bits per heavy atom. The molecule has 0 aromatic heterocycles. The van der Waals surface area contributed by atoms with E-state index in [4.69, 9.17) is 9.16 Å². The van der Waals surface area contributed by atoms with Crippen molar-refractivity contribution in [2.24, 2.45) is 0 Å². The SMILES string of the molecule is COc1ccc(C(O[Si](c2ccccc2)(c2ccccc2)c2ccccc2)=C(F)F)cc1. The van der Waals surface area contributed by atoms with Gasteiger partial charge in [-0.3, -0.25) is 0 Å². The van der Waals surface area contributed by atoms with Gasteiger partial charge in [0.2, 0.25) is 0 Å². The largest absolute Gasteiger partial charge is 0.526 e. The van der Waals surface area contributed by atoms with E-state index in [1.165, 1.54) is 7.11 Å². The van der Waals surface area contributed by atoms with E-state index in [0.717, 1.165) is 15.6 Å². The van der Waals surface area contributed by atoms with E-state index in [1.54, 1.807) is 24.3 Å². The van der Waals surface area contributed by atoms with Crippen LogP contribution < -0.4 is 20.3 Å². The lowest BCUT2D eigenvalue weighted by molar-refractivity contribution is 0.387. The summed E-state index contributed by atoms with van der Waals surface area (Å²) in [6.45, 7) is 0. The monoisotopic (exact) mass is 444 g/mol. The van der Waals surface area contributed by atoms with Gasteiger partial charge in [0.15, 0.2) is 5.76 Å². The molecule has 0 heterocycles. The van der Waals surface area contributed by atoms with Crippen LogP contribution in [0.1, 0.15) is 5.56 Å². The van der Waals surface area contributed by atoms with Gasteiger partial charge in [-0.2, -0.15) is 8.78 Å². The lowest BCUT2D eigenvalue weighted by Crippen LogP contribution is -2.69. The molecule has 0 radical (unpaired) electrons. The smallest absolute Gasteiger partial charge is 0.347 e. The first-order valence-electron chi connectivity index (χ1n) is 10.2. The molecule has 2 nitrogen and oxygen atoms in total. The summed E-state index contributed by atoms with van der Waals surface area (Å²) in [5, 5.41) is 2.64. The molecule has 0 aliphatic rings. The highest BCUT2D eigenvalue weighted by Gasteiger charge is 2.45. The number of ether oxygens (including phenoxy) is 1. The highest BCUT2D eigenvalue weighted by atomic mass is 28.4. The van der Waals surface area contributed by atoms with Gasteiger partial charge < -0.3 is 9.16 Å². The van der Waals surface area contributed by atoms with E-state index < -0.39 is 20.2 Å². The number of halogens is 2. The second-order valence-corrected chi connectivity index (χ2v) is 10.5. The lowest BCUT2D eigenvalue weighted by Gasteiger charge is -2.34. The normalized spacial score (nSPS) is 11.0. The van der Waals surface area contributed by atoms with Gasteiger partial charge in [0.1, 0.15) is 5.75 Å². The molecule has 0 amide bonds. The molecule has 0 aliphatic heterocycles. The summed E-state index contributed by atoms with van der Waals surface area (Å²) in [6, 6.07) is 35.4. The first kappa shape index (κ1) is 21.5. The molecule has 0 saturated heterocycles. The number of rotatable bonds is 7. The Hall–Kier alpha value is -3.70. The molecule has 0 spiro atoms. The highest BCUT2D eigenvalue weighted by molar-refractivity contribution is 7.07. The van der Waals surface area contributed by atoms with Crippen molar-refractivity contribution in [2.75, 3.05) is 7.11 Å². The standard InChI is InChI=1S/C27H22F2O2Si/c1-30-22-19-17-21(18-20-22)26(27(28)29)31-32(23-11-5-2-6-12-23,24-13-7-3-8-14-24)25-15-9-4-10-16-25/h2-20H,1H3. The molecule has 0 fully saturated rings. The molecule has 4 rings (SSSR count). The molecule has 0 saturated carbocycles. The predicted molar refractivity (Wildman–Crippen MR) is 127 cm³/mol. The van der Waals surface area contributed by atoms with Crippen molar-refractivity contribution in [1.29, 1.82) is 0 Å². The number of benzene rings is 4. The maximum absolute atomic E-state index is 14.4. The lowest BCUT2D eigenvalue weighted by atomic mass is 10.2. The van der Waals surface area contributed by atoms with E-state index in [2.05, 4.69) is 0 Å². The summed E-state index contributed by atoms with van der Waals surface area (Å²) >= 11 is 0. The van der Waals surface area contributed by atoms with Crippen LogP contribution in [0.2, 0.25) is 0 Å². The zero-order chi connectivity index (χ0) is 22.4. The Labute approximate surface area is 187 Å². The van der Waals surface area contributed by atoms with Crippen molar-refractivity contribution in [1.82, 2.24) is 0 Å². The molecular weight excluding hydrogens is 422 g/mol. The van der Waals surface area contributed by atoms with Crippen molar-refractivity contribution in [3.05, 3.63) is 127 Å². The van der Waals surface area contributed by atoms with Gasteiger partial charge in [-0.05, 0) is 39.8 Å². The fourth-order valence-electron chi connectivity index (χ4n) is 3.80. The number of hydrogen-bond donors (Lipinski definition) is 0. The van der Waals surface area contributed by atoms with Gasteiger partial charge in [-0.1, -0.05) is 91.0 Å². The molecular formula is C27H22F2O2Si. The molecule has 0 bridgehead atoms. The second-order valence-electron chi connectivity index (χ2n) is 7.20. The van der Waals surface area contributed by atoms with E-state index in [-0.39, 0.29) is 0 Å². The van der Waals surface area contributed by atoms with E-state index in [0.29, 0.717) is 11.3 Å². The molecule has 32 heavy (non-hydrogen) atoms. The summed E-state index contributed by atoms with van der Waals surface area (Å²) in [4.78, 5) is 0. The first-order valence-corrected chi connectivity index (χ1v) is 12.1. The highest BCUT2D eigenvalue weighted by Crippen LogP contribution is 2.28. The van der Waals surface area contributed by atoms with E-state index in [1.807, 2.05) is 91.0 Å². The maximum atomic E-state index is 14.4. The number of methoxy groups -OCH3 is 1. The molecule has 4 aromatic rings. The Bertz CT molecular complexity index is 1080. The van der Waals surface area contributed by atoms with Crippen molar-refractivity contribution in [3.63, 3.8) is 0 Å². The quantitative estimate of drug-likeness (QED) is 0.228. The molecule has 4 aromatic carbocycles. The van der Waals surface area contributed by atoms with Crippen LogP contribution in [0.15, 0.2) is 121 Å². The van der Waals surface area contributed by atoms with Crippen molar-refractivity contribution >= 4 is 29.6 Å². The second kappa shape index (κ2) is 9.62. The van der Waals surface area contributed by atoms with Crippen LogP contribution in [0.5, 0.6) is 5.75 Å². The van der Waals surface area contributed by atoms with Gasteiger partial charge >= 0.3 is 14.4 Å². The van der Waals surface area contributed by atoms with E-state index >= 15 is 0 Å². The summed E-state index contributed by atoms with van der Waals surface area (Å²) in [6.07, 6.45) is -1.87. The topological polar surface area (TPSA) is 18.5 Å². The minimum absolute atomic E-state index is 0.297. The van der Waals surface area contributed by atoms with Crippen LogP contribution in [0, 0.1) is 0 Å². The Balaban J connectivity index is 1.97. The summed E-state index contributed by atoms with van der Waals surface area (Å²) in [5.74, 6) is 0.168. The molecule has 0 aliphatic carbocycles. The predicted octanol–water partition coefficient (Wildman–Crippen LogP) is 4.94. The third kappa shape index (κ3) is 4.20. The first-order chi connectivity index (χ1) is 15.6. The average Bonchev–Trinajstić information content (AvgIpc) is 2.86. The van der Waals surface area contributed by atoms with Gasteiger partial charge in [-0.25, -0.2) is 0 Å². The van der Waals surface area contributed by atoms with Gasteiger partial charge in [0, 0.05) is 5.56 Å². The van der Waals surface area contributed by atoms with Crippen LogP contribution >= 0.6 is 0 Å². The summed E-state index contributed by atoms with van der Waals surface area (Å²) < 4.78 is 40.5. The van der Waals surface area contributed by atoms with Crippen LogP contribution in [0.3, 0.4) is 0 Å². The zero-order valence-corrected chi connectivity index (χ0v) is 18.5. The molecule has 0 unspecified atom stereocenters. The molecule has 0 atom stereocenters. The van der Waals surface area contributed by atoms with Crippen molar-refractivity contribution in [2.45, 2.75) is 0 Å². The van der Waals surface area contributed by atoms with Crippen LogP contribution in [0.25, 0.3) is 5.76 Å². The third-order valence-corrected chi connectivity index (χ3v) is 9.27. The summed E-state index contributed by atoms with van der Waals surface area (Å²) in [7, 11) is -1.79. The minimum atomic E-state index is -3.32. The van der Waals surface area contributed by atoms with Crippen LogP contribution in [-0.2, 0) is 4.43 Å². The van der Waals surface area contributed by atoms with Crippen LogP contribution in [-0.4, -0.2) is 15.4 Å². The van der Waals surface area contributed by atoms with Gasteiger partial charge in [0.05, 0.1) is 7.11 Å². The molecule has 160 valence electrons. The average molecular weight is 445 g/mol.